The topological polar surface area (TPSA) is 64.4 Å². The van der Waals surface area contributed by atoms with Crippen LogP contribution in [-0.2, 0) is 0 Å². The quantitative estimate of drug-likeness (QED) is 0.438. The van der Waals surface area contributed by atoms with Crippen molar-refractivity contribution in [2.75, 3.05) is 0 Å². The monoisotopic (exact) mass is 237 g/mol. The van der Waals surface area contributed by atoms with E-state index in [1.54, 1.807) is 13.0 Å². The molecular weight excluding hydrogens is 217 g/mol. The molecule has 0 aliphatic rings. The highest BCUT2D eigenvalue weighted by atomic mass is 19.1. The summed E-state index contributed by atoms with van der Waals surface area (Å²) in [4.78, 5) is 3.80. The normalized spacial score (nSPS) is 17.0. The molecule has 4 heteroatoms. The Balaban J connectivity index is 5.61. The molecule has 0 saturated carbocycles. The molecule has 0 aromatic heterocycles. The predicted molar refractivity (Wildman–Crippen MR) is 72.2 cm³/mol. The van der Waals surface area contributed by atoms with Crippen molar-refractivity contribution in [3.8, 4) is 0 Å². The number of allylic oxidation sites excluding steroid dienone is 4. The molecule has 94 valence electrons. The maximum atomic E-state index is 13.0. The van der Waals surface area contributed by atoms with E-state index in [0.29, 0.717) is 16.8 Å². The predicted octanol–water partition coefficient (Wildman–Crippen LogP) is 2.58. The highest BCUT2D eigenvalue weighted by molar-refractivity contribution is 5.48. The van der Waals surface area contributed by atoms with Gasteiger partial charge in [-0.2, -0.15) is 0 Å². The zero-order valence-corrected chi connectivity index (χ0v) is 10.6. The van der Waals surface area contributed by atoms with Crippen LogP contribution in [0.4, 0.5) is 4.39 Å². The summed E-state index contributed by atoms with van der Waals surface area (Å²) < 4.78 is 13.0. The van der Waals surface area contributed by atoms with Gasteiger partial charge < -0.3 is 11.5 Å². The van der Waals surface area contributed by atoms with Gasteiger partial charge in [0.25, 0.3) is 0 Å². The Morgan fingerprint density at radius 1 is 1.41 bits per heavy atom. The van der Waals surface area contributed by atoms with Crippen molar-refractivity contribution in [3.63, 3.8) is 0 Å². The van der Waals surface area contributed by atoms with Gasteiger partial charge in [-0.05, 0) is 45.3 Å². The molecule has 0 spiro atoms. The first-order valence-electron chi connectivity index (χ1n) is 5.29. The second kappa shape index (κ2) is 7.57. The first kappa shape index (κ1) is 15.3. The number of nitrogens with two attached hydrogens (primary N) is 2. The molecule has 17 heavy (non-hydrogen) atoms. The Labute approximate surface area is 102 Å². The number of hydrogen-bond acceptors (Lipinski definition) is 3. The van der Waals surface area contributed by atoms with E-state index in [4.69, 9.17) is 11.5 Å². The number of rotatable bonds is 5. The summed E-state index contributed by atoms with van der Waals surface area (Å²) in [5.41, 5.74) is 13.2. The van der Waals surface area contributed by atoms with Crippen LogP contribution in [0.15, 0.2) is 52.1 Å². The Morgan fingerprint density at radius 3 is 2.35 bits per heavy atom. The summed E-state index contributed by atoms with van der Waals surface area (Å²) in [7, 11) is 0. The molecule has 1 atom stereocenters. The lowest BCUT2D eigenvalue weighted by Gasteiger charge is -2.14. The van der Waals surface area contributed by atoms with Crippen LogP contribution in [0, 0.1) is 0 Å². The van der Waals surface area contributed by atoms with Crippen LogP contribution in [0.1, 0.15) is 20.8 Å². The fourth-order valence-electron chi connectivity index (χ4n) is 1.37. The third-order valence-corrected chi connectivity index (χ3v) is 2.22. The van der Waals surface area contributed by atoms with Gasteiger partial charge in [0.15, 0.2) is 0 Å². The highest BCUT2D eigenvalue weighted by Crippen LogP contribution is 2.21. The van der Waals surface area contributed by atoms with E-state index in [9.17, 15) is 4.39 Å². The van der Waals surface area contributed by atoms with Crippen molar-refractivity contribution in [2.45, 2.75) is 26.8 Å². The molecule has 0 fully saturated rings. The molecule has 1 unspecified atom stereocenters. The minimum atomic E-state index is -0.396. The molecule has 0 bridgehead atoms. The van der Waals surface area contributed by atoms with Gasteiger partial charge in [-0.1, -0.05) is 12.2 Å². The Kier molecular flexibility index (Phi) is 6.82. The average Bonchev–Trinajstić information content (AvgIpc) is 2.27. The van der Waals surface area contributed by atoms with E-state index >= 15 is 0 Å². The smallest absolute Gasteiger partial charge is 0.0975 e. The summed E-state index contributed by atoms with van der Waals surface area (Å²) in [6.07, 6.45) is 6.31. The molecule has 0 aliphatic carbocycles. The highest BCUT2D eigenvalue weighted by Gasteiger charge is 2.12. The van der Waals surface area contributed by atoms with Gasteiger partial charge in [0.1, 0.15) is 0 Å². The molecule has 0 heterocycles. The van der Waals surface area contributed by atoms with Gasteiger partial charge in [-0.15, -0.1) is 0 Å². The van der Waals surface area contributed by atoms with Crippen LogP contribution < -0.4 is 11.5 Å². The zero-order chi connectivity index (χ0) is 13.4. The third kappa shape index (κ3) is 4.78. The fraction of sp³-hybridized carbons (Fsp3) is 0.308. The zero-order valence-electron chi connectivity index (χ0n) is 10.6. The van der Waals surface area contributed by atoms with Crippen LogP contribution in [0.25, 0.3) is 0 Å². The second-order valence-corrected chi connectivity index (χ2v) is 3.56. The average molecular weight is 237 g/mol. The van der Waals surface area contributed by atoms with Crippen molar-refractivity contribution < 1.29 is 4.39 Å². The molecule has 4 N–H and O–H groups in total. The van der Waals surface area contributed by atoms with E-state index in [-0.39, 0.29) is 5.83 Å². The van der Waals surface area contributed by atoms with Crippen molar-refractivity contribution in [1.82, 2.24) is 0 Å². The Morgan fingerprint density at radius 2 is 2.00 bits per heavy atom. The summed E-state index contributed by atoms with van der Waals surface area (Å²) in [5, 5.41) is 0. The molecule has 0 aliphatic heterocycles. The van der Waals surface area contributed by atoms with Gasteiger partial charge in [0.2, 0.25) is 0 Å². The molecule has 0 radical (unpaired) electrons. The third-order valence-electron chi connectivity index (χ3n) is 2.22. The Hall–Kier alpha value is -1.68. The SMILES string of the molecule is C=N/C(C)=C(\C=C(/C)F)C(=C\N)/C(N)/C=C\C. The van der Waals surface area contributed by atoms with E-state index in [0.717, 1.165) is 0 Å². The molecule has 0 rings (SSSR count). The first-order valence-corrected chi connectivity index (χ1v) is 5.29. The number of halogens is 1. The summed E-state index contributed by atoms with van der Waals surface area (Å²) in [6, 6.07) is -0.396. The van der Waals surface area contributed by atoms with Gasteiger partial charge >= 0.3 is 0 Å². The lowest BCUT2D eigenvalue weighted by Crippen LogP contribution is -2.22. The van der Waals surface area contributed by atoms with Crippen LogP contribution >= 0.6 is 0 Å². The van der Waals surface area contributed by atoms with Crippen molar-refractivity contribution >= 4 is 6.72 Å². The van der Waals surface area contributed by atoms with E-state index in [2.05, 4.69) is 11.7 Å². The fourth-order valence-corrected chi connectivity index (χ4v) is 1.37. The standard InChI is InChI=1S/C13H20FN3/c1-5-6-13(16)12(8-15)11(7-9(2)14)10(3)17-4/h5-8,13H,4,15-16H2,1-3H3/b6-5-,9-7+,11-10+,12-8+. The minimum absolute atomic E-state index is 0.338. The molecular formula is C13H20FN3. The molecule has 3 nitrogen and oxygen atoms in total. The largest absolute Gasteiger partial charge is 0.404 e. The van der Waals surface area contributed by atoms with Gasteiger partial charge in [0, 0.05) is 11.3 Å². The summed E-state index contributed by atoms with van der Waals surface area (Å²) in [6.45, 7) is 8.36. The summed E-state index contributed by atoms with van der Waals surface area (Å²) in [5.74, 6) is -0.338. The molecule has 0 saturated heterocycles. The summed E-state index contributed by atoms with van der Waals surface area (Å²) >= 11 is 0. The van der Waals surface area contributed by atoms with Crippen molar-refractivity contribution in [1.29, 1.82) is 0 Å². The van der Waals surface area contributed by atoms with Crippen LogP contribution in [0.5, 0.6) is 0 Å². The number of aliphatic imine (C=N–C) groups is 1. The van der Waals surface area contributed by atoms with Gasteiger partial charge in [0.05, 0.1) is 11.9 Å². The lowest BCUT2D eigenvalue weighted by molar-refractivity contribution is 0.639. The van der Waals surface area contributed by atoms with Crippen molar-refractivity contribution in [3.05, 3.63) is 47.1 Å². The maximum Gasteiger partial charge on any atom is 0.0975 e. The van der Waals surface area contributed by atoms with Crippen LogP contribution in [-0.4, -0.2) is 12.8 Å². The number of hydrogen-bond donors (Lipinski definition) is 2. The molecule has 0 aromatic carbocycles. The van der Waals surface area contributed by atoms with Gasteiger partial charge in [-0.25, -0.2) is 4.39 Å². The van der Waals surface area contributed by atoms with E-state index in [1.165, 1.54) is 19.2 Å². The minimum Gasteiger partial charge on any atom is -0.404 e. The molecule has 0 amide bonds. The van der Waals surface area contributed by atoms with E-state index in [1.807, 2.05) is 13.0 Å². The molecule has 0 aromatic rings. The van der Waals surface area contributed by atoms with Crippen LogP contribution in [0.2, 0.25) is 0 Å². The van der Waals surface area contributed by atoms with E-state index < -0.39 is 6.04 Å². The van der Waals surface area contributed by atoms with Gasteiger partial charge in [-0.3, -0.25) is 4.99 Å². The van der Waals surface area contributed by atoms with Crippen LogP contribution in [0.3, 0.4) is 0 Å². The lowest BCUT2D eigenvalue weighted by atomic mass is 9.97. The number of nitrogens with zero attached hydrogens (tertiary/aromatic N) is 1. The maximum absolute atomic E-state index is 13.0. The first-order chi connectivity index (χ1) is 7.97. The Bertz CT molecular complexity index is 385. The van der Waals surface area contributed by atoms with Crippen molar-refractivity contribution in [2.24, 2.45) is 16.5 Å². The second-order valence-electron chi connectivity index (χ2n) is 3.56.